The minimum Gasteiger partial charge on any atom is -0.495 e. The van der Waals surface area contributed by atoms with Gasteiger partial charge in [0.25, 0.3) is 15.9 Å². The first-order valence-corrected chi connectivity index (χ1v) is 9.91. The van der Waals surface area contributed by atoms with Gasteiger partial charge in [0.2, 0.25) is 0 Å². The standard InChI is InChI=1S/C20H15F3N2O4S/c1-29-19-8-3-2-7-17(19)25-30(27,28)13-6-4-5-12(9-13)20(26)24-18-11-15(22)14(21)10-16(18)23/h2-11,25H,1H3,(H,24,26). The van der Waals surface area contributed by atoms with Crippen LogP contribution in [-0.2, 0) is 10.0 Å². The van der Waals surface area contributed by atoms with Crippen molar-refractivity contribution in [3.05, 3.63) is 83.7 Å². The Labute approximate surface area is 170 Å². The average Bonchev–Trinajstić information content (AvgIpc) is 2.72. The topological polar surface area (TPSA) is 84.5 Å². The van der Waals surface area contributed by atoms with Crippen LogP contribution in [0.2, 0.25) is 0 Å². The summed E-state index contributed by atoms with van der Waals surface area (Å²) in [5.41, 5.74) is -0.528. The van der Waals surface area contributed by atoms with Crippen LogP contribution in [0.3, 0.4) is 0 Å². The van der Waals surface area contributed by atoms with Gasteiger partial charge in [0.05, 0.1) is 23.4 Å². The molecule has 0 saturated heterocycles. The molecule has 0 fully saturated rings. The van der Waals surface area contributed by atoms with E-state index in [0.29, 0.717) is 17.9 Å². The molecule has 0 spiro atoms. The summed E-state index contributed by atoms with van der Waals surface area (Å²) in [5.74, 6) is -4.54. The molecular formula is C20H15F3N2O4S. The zero-order chi connectivity index (χ0) is 21.9. The van der Waals surface area contributed by atoms with Crippen molar-refractivity contribution in [3.63, 3.8) is 0 Å². The molecule has 0 bridgehead atoms. The maximum atomic E-state index is 13.7. The number of ether oxygens (including phenoxy) is 1. The fourth-order valence-electron chi connectivity index (χ4n) is 2.55. The van der Waals surface area contributed by atoms with Gasteiger partial charge < -0.3 is 10.1 Å². The second kappa shape index (κ2) is 8.46. The lowest BCUT2D eigenvalue weighted by Crippen LogP contribution is -2.17. The van der Waals surface area contributed by atoms with Crippen LogP contribution in [0, 0.1) is 17.5 Å². The van der Waals surface area contributed by atoms with E-state index in [-0.39, 0.29) is 16.1 Å². The van der Waals surface area contributed by atoms with Crippen LogP contribution in [0.5, 0.6) is 5.75 Å². The van der Waals surface area contributed by atoms with Crippen molar-refractivity contribution in [2.24, 2.45) is 0 Å². The van der Waals surface area contributed by atoms with E-state index >= 15 is 0 Å². The number of carbonyl (C=O) groups excluding carboxylic acids is 1. The van der Waals surface area contributed by atoms with Gasteiger partial charge in [-0.1, -0.05) is 18.2 Å². The second-order valence-corrected chi connectivity index (χ2v) is 7.72. The number of hydrogen-bond donors (Lipinski definition) is 2. The lowest BCUT2D eigenvalue weighted by atomic mass is 10.2. The molecule has 0 aliphatic carbocycles. The molecule has 3 aromatic rings. The van der Waals surface area contributed by atoms with Crippen molar-refractivity contribution in [3.8, 4) is 5.75 Å². The van der Waals surface area contributed by atoms with E-state index in [1.165, 1.54) is 31.4 Å². The maximum absolute atomic E-state index is 13.7. The number of amides is 1. The van der Waals surface area contributed by atoms with Crippen molar-refractivity contribution in [2.45, 2.75) is 4.90 Å². The molecule has 0 aliphatic rings. The molecule has 0 atom stereocenters. The van der Waals surface area contributed by atoms with Crippen LogP contribution in [0.15, 0.2) is 65.6 Å². The van der Waals surface area contributed by atoms with Gasteiger partial charge in [0, 0.05) is 17.7 Å². The van der Waals surface area contributed by atoms with Crippen LogP contribution in [0.1, 0.15) is 10.4 Å². The third-order valence-corrected chi connectivity index (χ3v) is 5.38. The van der Waals surface area contributed by atoms with Gasteiger partial charge in [0.1, 0.15) is 11.6 Å². The number of rotatable bonds is 6. The molecule has 2 N–H and O–H groups in total. The smallest absolute Gasteiger partial charge is 0.262 e. The van der Waals surface area contributed by atoms with Crippen molar-refractivity contribution < 1.29 is 31.1 Å². The third-order valence-electron chi connectivity index (χ3n) is 4.02. The summed E-state index contributed by atoms with van der Waals surface area (Å²) < 4.78 is 72.9. The van der Waals surface area contributed by atoms with Crippen molar-refractivity contribution in [2.75, 3.05) is 17.1 Å². The van der Waals surface area contributed by atoms with Crippen LogP contribution in [0.4, 0.5) is 24.5 Å². The van der Waals surface area contributed by atoms with Gasteiger partial charge in [-0.25, -0.2) is 21.6 Å². The van der Waals surface area contributed by atoms with Crippen molar-refractivity contribution >= 4 is 27.3 Å². The summed E-state index contributed by atoms with van der Waals surface area (Å²) in [4.78, 5) is 12.1. The van der Waals surface area contributed by atoms with E-state index in [1.54, 1.807) is 18.2 Å². The van der Waals surface area contributed by atoms with Gasteiger partial charge >= 0.3 is 0 Å². The fraction of sp³-hybridized carbons (Fsp3) is 0.0500. The molecule has 0 unspecified atom stereocenters. The average molecular weight is 436 g/mol. The van der Waals surface area contributed by atoms with E-state index in [2.05, 4.69) is 10.0 Å². The normalized spacial score (nSPS) is 11.1. The van der Waals surface area contributed by atoms with Gasteiger partial charge in [-0.2, -0.15) is 0 Å². The van der Waals surface area contributed by atoms with E-state index in [1.807, 2.05) is 0 Å². The SMILES string of the molecule is COc1ccccc1NS(=O)(=O)c1cccc(C(=O)Nc2cc(F)c(F)cc2F)c1. The van der Waals surface area contributed by atoms with Crippen molar-refractivity contribution in [1.82, 2.24) is 0 Å². The molecule has 6 nitrogen and oxygen atoms in total. The van der Waals surface area contributed by atoms with Gasteiger partial charge in [-0.3, -0.25) is 9.52 Å². The summed E-state index contributed by atoms with van der Waals surface area (Å²) in [6.07, 6.45) is 0. The monoisotopic (exact) mass is 436 g/mol. The first-order valence-electron chi connectivity index (χ1n) is 8.43. The molecule has 0 saturated carbocycles. The summed E-state index contributed by atoms with van der Waals surface area (Å²) in [6, 6.07) is 12.0. The maximum Gasteiger partial charge on any atom is 0.262 e. The minimum absolute atomic E-state index is 0.137. The number of benzene rings is 3. The predicted molar refractivity (Wildman–Crippen MR) is 105 cm³/mol. The summed E-state index contributed by atoms with van der Waals surface area (Å²) in [7, 11) is -2.70. The number of anilines is 2. The van der Waals surface area contributed by atoms with Gasteiger partial charge in [0.15, 0.2) is 11.6 Å². The molecule has 30 heavy (non-hydrogen) atoms. The molecule has 10 heteroatoms. The Morgan fingerprint density at radius 2 is 1.57 bits per heavy atom. The molecule has 3 rings (SSSR count). The highest BCUT2D eigenvalue weighted by molar-refractivity contribution is 7.92. The molecule has 0 aromatic heterocycles. The Balaban J connectivity index is 1.86. The predicted octanol–water partition coefficient (Wildman–Crippen LogP) is 4.17. The Hall–Kier alpha value is -3.53. The summed E-state index contributed by atoms with van der Waals surface area (Å²) >= 11 is 0. The first kappa shape index (κ1) is 21.2. The van der Waals surface area contributed by atoms with Crippen LogP contribution in [-0.4, -0.2) is 21.4 Å². The van der Waals surface area contributed by atoms with Crippen LogP contribution in [0.25, 0.3) is 0 Å². The fourth-order valence-corrected chi connectivity index (χ4v) is 3.67. The summed E-state index contributed by atoms with van der Waals surface area (Å²) in [5, 5.41) is 2.09. The number of para-hydroxylation sites is 2. The highest BCUT2D eigenvalue weighted by Crippen LogP contribution is 2.26. The Morgan fingerprint density at radius 3 is 2.30 bits per heavy atom. The quantitative estimate of drug-likeness (QED) is 0.568. The molecule has 0 radical (unpaired) electrons. The molecule has 156 valence electrons. The van der Waals surface area contributed by atoms with Crippen LogP contribution >= 0.6 is 0 Å². The molecular weight excluding hydrogens is 421 g/mol. The number of sulfonamides is 1. The van der Waals surface area contributed by atoms with E-state index in [4.69, 9.17) is 4.74 Å². The zero-order valence-electron chi connectivity index (χ0n) is 15.4. The highest BCUT2D eigenvalue weighted by atomic mass is 32.2. The molecule has 3 aromatic carbocycles. The Morgan fingerprint density at radius 1 is 0.867 bits per heavy atom. The van der Waals surface area contributed by atoms with E-state index in [9.17, 15) is 26.4 Å². The largest absolute Gasteiger partial charge is 0.495 e. The Kier molecular flexibility index (Phi) is 5.97. The van der Waals surface area contributed by atoms with Crippen molar-refractivity contribution in [1.29, 1.82) is 0 Å². The first-order chi connectivity index (χ1) is 14.2. The molecule has 1 amide bonds. The summed E-state index contributed by atoms with van der Waals surface area (Å²) in [6.45, 7) is 0. The van der Waals surface area contributed by atoms with Crippen LogP contribution < -0.4 is 14.8 Å². The number of nitrogens with one attached hydrogen (secondary N) is 2. The highest BCUT2D eigenvalue weighted by Gasteiger charge is 2.19. The second-order valence-electron chi connectivity index (χ2n) is 6.03. The minimum atomic E-state index is -4.09. The van der Waals surface area contributed by atoms with E-state index in [0.717, 1.165) is 6.07 Å². The Bertz CT molecular complexity index is 1220. The van der Waals surface area contributed by atoms with Gasteiger partial charge in [-0.05, 0) is 30.3 Å². The lowest BCUT2D eigenvalue weighted by molar-refractivity contribution is 0.102. The molecule has 0 heterocycles. The number of methoxy groups -OCH3 is 1. The molecule has 0 aliphatic heterocycles. The number of hydrogen-bond acceptors (Lipinski definition) is 4. The van der Waals surface area contributed by atoms with Gasteiger partial charge in [-0.15, -0.1) is 0 Å². The number of carbonyl (C=O) groups is 1. The lowest BCUT2D eigenvalue weighted by Gasteiger charge is -2.12. The zero-order valence-corrected chi connectivity index (χ0v) is 16.3. The van der Waals surface area contributed by atoms with E-state index < -0.39 is 39.1 Å². The third kappa shape index (κ3) is 4.54. The number of halogens is 3.